The van der Waals surface area contributed by atoms with Gasteiger partial charge in [0.15, 0.2) is 0 Å². The van der Waals surface area contributed by atoms with Crippen LogP contribution >= 0.6 is 0 Å². The Morgan fingerprint density at radius 2 is 2.00 bits per heavy atom. The van der Waals surface area contributed by atoms with Gasteiger partial charge in [-0.1, -0.05) is 6.07 Å². The van der Waals surface area contributed by atoms with E-state index in [-0.39, 0.29) is 18.3 Å². The molecule has 1 aliphatic heterocycles. The van der Waals surface area contributed by atoms with Crippen LogP contribution in [-0.2, 0) is 17.5 Å². The number of hydrogen-bond donors (Lipinski definition) is 1. The maximum Gasteiger partial charge on any atom is 0.416 e. The minimum absolute atomic E-state index is 0.0363. The smallest absolute Gasteiger partial charge is 0.371 e. The van der Waals surface area contributed by atoms with Gasteiger partial charge in [-0.05, 0) is 17.7 Å². The van der Waals surface area contributed by atoms with E-state index >= 15 is 0 Å². The Morgan fingerprint density at radius 3 is 2.53 bits per heavy atom. The highest BCUT2D eigenvalue weighted by Gasteiger charge is 2.34. The molecule has 1 heterocycles. The summed E-state index contributed by atoms with van der Waals surface area (Å²) in [6.45, 7) is 1.13. The molecule has 1 saturated heterocycles. The molecule has 1 N–H and O–H groups in total. The van der Waals surface area contributed by atoms with E-state index in [4.69, 9.17) is 4.74 Å². The van der Waals surface area contributed by atoms with Crippen molar-refractivity contribution in [2.24, 2.45) is 0 Å². The molecular weight excluding hydrogens is 238 g/mol. The molecule has 0 aromatic heterocycles. The van der Waals surface area contributed by atoms with E-state index in [0.29, 0.717) is 19.2 Å². The number of rotatable bonds is 3. The first-order valence-electron chi connectivity index (χ1n) is 5.15. The van der Waals surface area contributed by atoms with Crippen LogP contribution in [0.25, 0.3) is 0 Å². The molecule has 0 spiro atoms. The summed E-state index contributed by atoms with van der Waals surface area (Å²) in [5.41, 5.74) is -1.00. The number of ether oxygens (including phenoxy) is 1. The molecule has 0 saturated carbocycles. The van der Waals surface area contributed by atoms with Crippen molar-refractivity contribution in [2.75, 3.05) is 13.1 Å². The Kier molecular flexibility index (Phi) is 3.35. The van der Waals surface area contributed by atoms with Gasteiger partial charge >= 0.3 is 6.18 Å². The lowest BCUT2D eigenvalue weighted by Gasteiger charge is -2.27. The molecule has 0 radical (unpaired) electrons. The van der Waals surface area contributed by atoms with Crippen LogP contribution in [0.15, 0.2) is 18.2 Å². The van der Waals surface area contributed by atoms with Gasteiger partial charge in [0.1, 0.15) is 5.82 Å². The van der Waals surface area contributed by atoms with E-state index in [0.717, 1.165) is 12.1 Å². The largest absolute Gasteiger partial charge is 0.416 e. The van der Waals surface area contributed by atoms with Crippen molar-refractivity contribution in [3.05, 3.63) is 35.1 Å². The zero-order valence-electron chi connectivity index (χ0n) is 8.85. The Labute approximate surface area is 95.6 Å². The lowest BCUT2D eigenvalue weighted by Crippen LogP contribution is -2.48. The van der Waals surface area contributed by atoms with Crippen LogP contribution in [0.4, 0.5) is 17.6 Å². The lowest BCUT2D eigenvalue weighted by atomic mass is 10.1. The SMILES string of the molecule is Fc1ccc(COC2CNC2)c(C(F)(F)F)c1. The molecule has 2 rings (SSSR count). The zero-order valence-corrected chi connectivity index (χ0v) is 8.85. The van der Waals surface area contributed by atoms with Crippen LogP contribution in [0, 0.1) is 5.82 Å². The molecule has 1 aromatic carbocycles. The van der Waals surface area contributed by atoms with Gasteiger partial charge < -0.3 is 10.1 Å². The first kappa shape index (κ1) is 12.3. The summed E-state index contributed by atoms with van der Waals surface area (Å²) in [5, 5.41) is 2.94. The third-order valence-corrected chi connectivity index (χ3v) is 2.60. The van der Waals surface area contributed by atoms with Crippen molar-refractivity contribution in [1.29, 1.82) is 0 Å². The Bertz CT molecular complexity index is 401. The summed E-state index contributed by atoms with van der Waals surface area (Å²) in [6, 6.07) is 2.62. The number of alkyl halides is 3. The quantitative estimate of drug-likeness (QED) is 0.830. The van der Waals surface area contributed by atoms with E-state index in [1.807, 2.05) is 0 Å². The minimum Gasteiger partial charge on any atom is -0.371 e. The summed E-state index contributed by atoms with van der Waals surface area (Å²) in [5.74, 6) is -0.897. The monoisotopic (exact) mass is 249 g/mol. The van der Waals surface area contributed by atoms with Gasteiger partial charge in [0.05, 0.1) is 18.3 Å². The third-order valence-electron chi connectivity index (χ3n) is 2.60. The maximum atomic E-state index is 12.8. The van der Waals surface area contributed by atoms with Crippen molar-refractivity contribution in [2.45, 2.75) is 18.9 Å². The van der Waals surface area contributed by atoms with Crippen molar-refractivity contribution < 1.29 is 22.3 Å². The summed E-state index contributed by atoms with van der Waals surface area (Å²) in [6.07, 6.45) is -4.61. The molecule has 1 fully saturated rings. The molecule has 6 heteroatoms. The molecule has 94 valence electrons. The highest BCUT2D eigenvalue weighted by molar-refractivity contribution is 5.29. The van der Waals surface area contributed by atoms with Crippen molar-refractivity contribution in [3.8, 4) is 0 Å². The Hall–Kier alpha value is -1.14. The fourth-order valence-electron chi connectivity index (χ4n) is 1.53. The van der Waals surface area contributed by atoms with Crippen LogP contribution in [-0.4, -0.2) is 19.2 Å². The van der Waals surface area contributed by atoms with Gasteiger partial charge in [-0.15, -0.1) is 0 Å². The van der Waals surface area contributed by atoms with Gasteiger partial charge in [-0.2, -0.15) is 13.2 Å². The van der Waals surface area contributed by atoms with E-state index < -0.39 is 17.6 Å². The van der Waals surface area contributed by atoms with E-state index in [1.54, 1.807) is 0 Å². The van der Waals surface area contributed by atoms with E-state index in [1.165, 1.54) is 0 Å². The first-order valence-corrected chi connectivity index (χ1v) is 5.15. The third kappa shape index (κ3) is 2.95. The normalized spacial score (nSPS) is 16.9. The molecule has 1 aromatic rings. The number of benzene rings is 1. The number of nitrogens with one attached hydrogen (secondary N) is 1. The highest BCUT2D eigenvalue weighted by Crippen LogP contribution is 2.33. The second-order valence-electron chi connectivity index (χ2n) is 3.89. The minimum atomic E-state index is -4.56. The summed E-state index contributed by atoms with van der Waals surface area (Å²) in [4.78, 5) is 0. The average molecular weight is 249 g/mol. The van der Waals surface area contributed by atoms with E-state index in [9.17, 15) is 17.6 Å². The number of hydrogen-bond acceptors (Lipinski definition) is 2. The molecule has 2 nitrogen and oxygen atoms in total. The second kappa shape index (κ2) is 4.62. The second-order valence-corrected chi connectivity index (χ2v) is 3.89. The molecule has 1 aliphatic rings. The fourth-order valence-corrected chi connectivity index (χ4v) is 1.53. The molecule has 0 amide bonds. The summed E-state index contributed by atoms with van der Waals surface area (Å²) < 4.78 is 55.9. The van der Waals surface area contributed by atoms with Crippen LogP contribution in [0.2, 0.25) is 0 Å². The first-order chi connectivity index (χ1) is 7.97. The van der Waals surface area contributed by atoms with Gasteiger partial charge in [0.2, 0.25) is 0 Å². The Balaban J connectivity index is 2.13. The van der Waals surface area contributed by atoms with Gasteiger partial charge in [0.25, 0.3) is 0 Å². The summed E-state index contributed by atoms with van der Waals surface area (Å²) >= 11 is 0. The van der Waals surface area contributed by atoms with E-state index in [2.05, 4.69) is 5.32 Å². The van der Waals surface area contributed by atoms with Crippen molar-refractivity contribution >= 4 is 0 Å². The highest BCUT2D eigenvalue weighted by atomic mass is 19.4. The molecule has 0 bridgehead atoms. The fraction of sp³-hybridized carbons (Fsp3) is 0.455. The zero-order chi connectivity index (χ0) is 12.5. The Morgan fingerprint density at radius 1 is 1.29 bits per heavy atom. The van der Waals surface area contributed by atoms with Crippen LogP contribution in [0.3, 0.4) is 0 Å². The van der Waals surface area contributed by atoms with Crippen LogP contribution < -0.4 is 5.32 Å². The summed E-state index contributed by atoms with van der Waals surface area (Å²) in [7, 11) is 0. The van der Waals surface area contributed by atoms with Crippen LogP contribution in [0.1, 0.15) is 11.1 Å². The standard InChI is InChI=1S/C11H11F4NO/c12-8-2-1-7(6-17-9-4-16-5-9)10(3-8)11(13,14)15/h1-3,9,16H,4-6H2. The van der Waals surface area contributed by atoms with Crippen LogP contribution in [0.5, 0.6) is 0 Å². The molecular formula is C11H11F4NO. The molecule has 0 aliphatic carbocycles. The molecule has 0 atom stereocenters. The molecule has 0 unspecified atom stereocenters. The van der Waals surface area contributed by atoms with Crippen molar-refractivity contribution in [3.63, 3.8) is 0 Å². The van der Waals surface area contributed by atoms with Gasteiger partial charge in [0, 0.05) is 13.1 Å². The maximum absolute atomic E-state index is 12.8. The van der Waals surface area contributed by atoms with Gasteiger partial charge in [-0.3, -0.25) is 0 Å². The average Bonchev–Trinajstić information content (AvgIpc) is 2.16. The molecule has 17 heavy (non-hydrogen) atoms. The van der Waals surface area contributed by atoms with Crippen molar-refractivity contribution in [1.82, 2.24) is 5.32 Å². The lowest BCUT2D eigenvalue weighted by molar-refractivity contribution is -0.139. The topological polar surface area (TPSA) is 21.3 Å². The van der Waals surface area contributed by atoms with Gasteiger partial charge in [-0.25, -0.2) is 4.39 Å². The predicted molar refractivity (Wildman–Crippen MR) is 52.8 cm³/mol. The predicted octanol–water partition coefficient (Wildman–Crippen LogP) is 2.33. The number of halogens is 4.